The van der Waals surface area contributed by atoms with E-state index in [-0.39, 0.29) is 24.0 Å². The van der Waals surface area contributed by atoms with Crippen LogP contribution >= 0.6 is 11.3 Å². The summed E-state index contributed by atoms with van der Waals surface area (Å²) in [5.74, 6) is 1.29. The van der Waals surface area contributed by atoms with Gasteiger partial charge in [-0.15, -0.1) is 11.3 Å². The Morgan fingerprint density at radius 3 is 2.87 bits per heavy atom. The highest BCUT2D eigenvalue weighted by Crippen LogP contribution is 2.35. The Morgan fingerprint density at radius 2 is 2.13 bits per heavy atom. The highest BCUT2D eigenvalue weighted by atomic mass is 32.1. The van der Waals surface area contributed by atoms with Crippen molar-refractivity contribution in [1.29, 1.82) is 0 Å². The molecule has 1 aromatic carbocycles. The van der Waals surface area contributed by atoms with Gasteiger partial charge in [0.2, 0.25) is 5.91 Å². The van der Waals surface area contributed by atoms with E-state index in [2.05, 4.69) is 15.3 Å². The summed E-state index contributed by atoms with van der Waals surface area (Å²) in [6, 6.07) is 6.50. The fourth-order valence-electron chi connectivity index (χ4n) is 3.75. The lowest BCUT2D eigenvalue weighted by atomic mass is 9.81. The van der Waals surface area contributed by atoms with E-state index in [9.17, 15) is 9.90 Å². The van der Waals surface area contributed by atoms with Crippen LogP contribution in [0.4, 0.5) is 6.01 Å². The highest BCUT2D eigenvalue weighted by Gasteiger charge is 2.39. The van der Waals surface area contributed by atoms with Gasteiger partial charge in [0.05, 0.1) is 22.4 Å². The number of fused-ring (bicyclic) bond motifs is 1. The molecule has 2 fully saturated rings. The Kier molecular flexibility index (Phi) is 4.67. The van der Waals surface area contributed by atoms with Crippen LogP contribution < -0.4 is 15.0 Å². The summed E-state index contributed by atoms with van der Waals surface area (Å²) in [6.45, 7) is 4.61. The Balaban J connectivity index is 1.07. The summed E-state index contributed by atoms with van der Waals surface area (Å²) in [7, 11) is 0. The molecule has 1 aliphatic carbocycles. The van der Waals surface area contributed by atoms with Crippen LogP contribution in [0.2, 0.25) is 0 Å². The number of nitrogens with one attached hydrogen (secondary N) is 1. The number of carbonyl (C=O) groups excluding carboxylic acids is 1. The van der Waals surface area contributed by atoms with E-state index < -0.39 is 5.60 Å². The zero-order valence-corrected chi connectivity index (χ0v) is 17.7. The Bertz CT molecular complexity index is 1060. The number of hydrogen-bond acceptors (Lipinski definition) is 8. The maximum absolute atomic E-state index is 12.5. The predicted molar refractivity (Wildman–Crippen MR) is 113 cm³/mol. The Labute approximate surface area is 177 Å². The molecule has 0 atom stereocenters. The largest absolute Gasteiger partial charge is 0.488 e. The SMILES string of the molecule is CC(C)(O)c1cnc(N2CC(NC(=O)C3CC(Oc4cccc5scnc45)C3)C2)o1. The van der Waals surface area contributed by atoms with Crippen LogP contribution in [0.25, 0.3) is 10.2 Å². The minimum Gasteiger partial charge on any atom is -0.488 e. The van der Waals surface area contributed by atoms with Gasteiger partial charge in [0.15, 0.2) is 5.76 Å². The topological polar surface area (TPSA) is 101 Å². The van der Waals surface area contributed by atoms with Gasteiger partial charge < -0.3 is 24.5 Å². The molecule has 3 heterocycles. The summed E-state index contributed by atoms with van der Waals surface area (Å²) in [6.07, 6.45) is 3.04. The molecular formula is C21H24N4O4S. The van der Waals surface area contributed by atoms with E-state index in [1.165, 1.54) is 0 Å². The van der Waals surface area contributed by atoms with E-state index in [1.54, 1.807) is 31.4 Å². The molecule has 158 valence electrons. The molecule has 2 aliphatic rings. The normalized spacial score (nSPS) is 21.9. The minimum atomic E-state index is -1.06. The van der Waals surface area contributed by atoms with Crippen molar-refractivity contribution in [3.8, 4) is 5.75 Å². The molecule has 0 radical (unpaired) electrons. The molecule has 1 aliphatic heterocycles. The lowest BCUT2D eigenvalue weighted by molar-refractivity contribution is -0.131. The van der Waals surface area contributed by atoms with Crippen LogP contribution in [0.1, 0.15) is 32.4 Å². The fraction of sp³-hybridized carbons (Fsp3) is 0.476. The van der Waals surface area contributed by atoms with Crippen molar-refractivity contribution in [3.05, 3.63) is 35.7 Å². The lowest BCUT2D eigenvalue weighted by Crippen LogP contribution is -2.61. The quantitative estimate of drug-likeness (QED) is 0.622. The van der Waals surface area contributed by atoms with Crippen LogP contribution in [-0.2, 0) is 10.4 Å². The maximum atomic E-state index is 12.5. The van der Waals surface area contributed by atoms with E-state index in [0.29, 0.717) is 24.9 Å². The second-order valence-corrected chi connectivity index (χ2v) is 9.43. The van der Waals surface area contributed by atoms with Crippen molar-refractivity contribution < 1.29 is 19.1 Å². The molecule has 3 aromatic rings. The van der Waals surface area contributed by atoms with E-state index in [4.69, 9.17) is 9.15 Å². The number of aliphatic hydroxyl groups is 1. The van der Waals surface area contributed by atoms with E-state index in [0.717, 1.165) is 28.8 Å². The minimum absolute atomic E-state index is 0.0118. The summed E-state index contributed by atoms with van der Waals surface area (Å²) in [4.78, 5) is 23.0. The molecule has 0 unspecified atom stereocenters. The third-order valence-corrected chi connectivity index (χ3v) is 6.47. The van der Waals surface area contributed by atoms with Crippen molar-refractivity contribution >= 4 is 33.5 Å². The maximum Gasteiger partial charge on any atom is 0.297 e. The average molecular weight is 429 g/mol. The molecule has 2 aromatic heterocycles. The number of anilines is 1. The van der Waals surface area contributed by atoms with Crippen LogP contribution in [-0.4, -0.2) is 46.2 Å². The van der Waals surface area contributed by atoms with Gasteiger partial charge in [-0.1, -0.05) is 6.07 Å². The van der Waals surface area contributed by atoms with Gasteiger partial charge in [0.1, 0.15) is 23.0 Å². The average Bonchev–Trinajstić information content (AvgIpc) is 3.29. The fourth-order valence-corrected chi connectivity index (χ4v) is 4.44. The second kappa shape index (κ2) is 7.24. The molecule has 0 spiro atoms. The summed E-state index contributed by atoms with van der Waals surface area (Å²) < 4.78 is 12.8. The molecule has 8 nitrogen and oxygen atoms in total. The molecule has 2 N–H and O–H groups in total. The van der Waals surface area contributed by atoms with Crippen LogP contribution in [0.3, 0.4) is 0 Å². The number of para-hydroxylation sites is 1. The zero-order valence-electron chi connectivity index (χ0n) is 16.9. The molecule has 5 rings (SSSR count). The first-order chi connectivity index (χ1) is 14.4. The molecular weight excluding hydrogens is 404 g/mol. The number of carbonyl (C=O) groups is 1. The van der Waals surface area contributed by atoms with E-state index >= 15 is 0 Å². The van der Waals surface area contributed by atoms with Crippen molar-refractivity contribution in [2.24, 2.45) is 5.92 Å². The van der Waals surface area contributed by atoms with Gasteiger partial charge >= 0.3 is 0 Å². The van der Waals surface area contributed by atoms with Crippen molar-refractivity contribution in [3.63, 3.8) is 0 Å². The highest BCUT2D eigenvalue weighted by molar-refractivity contribution is 7.16. The lowest BCUT2D eigenvalue weighted by Gasteiger charge is -2.41. The molecule has 1 amide bonds. The van der Waals surface area contributed by atoms with Gasteiger partial charge in [0.25, 0.3) is 6.01 Å². The first kappa shape index (κ1) is 19.3. The van der Waals surface area contributed by atoms with Gasteiger partial charge in [0, 0.05) is 19.0 Å². The predicted octanol–water partition coefficient (Wildman–Crippen LogP) is 2.67. The Hall–Kier alpha value is -2.65. The van der Waals surface area contributed by atoms with Crippen molar-refractivity contribution in [2.45, 2.75) is 44.4 Å². The number of nitrogens with zero attached hydrogens (tertiary/aromatic N) is 3. The van der Waals surface area contributed by atoms with Crippen LogP contribution in [0.5, 0.6) is 5.75 Å². The number of rotatable bonds is 6. The number of ether oxygens (including phenoxy) is 1. The summed E-state index contributed by atoms with van der Waals surface area (Å²) >= 11 is 1.59. The number of hydrogen-bond donors (Lipinski definition) is 2. The first-order valence-electron chi connectivity index (χ1n) is 10.1. The molecule has 9 heteroatoms. The number of oxazole rings is 1. The molecule has 1 saturated heterocycles. The Morgan fingerprint density at radius 1 is 1.33 bits per heavy atom. The molecule has 30 heavy (non-hydrogen) atoms. The van der Waals surface area contributed by atoms with Gasteiger partial charge in [-0.3, -0.25) is 4.79 Å². The van der Waals surface area contributed by atoms with Crippen molar-refractivity contribution in [1.82, 2.24) is 15.3 Å². The third kappa shape index (κ3) is 3.63. The monoisotopic (exact) mass is 428 g/mol. The second-order valence-electron chi connectivity index (χ2n) is 8.54. The summed E-state index contributed by atoms with van der Waals surface area (Å²) in [5.41, 5.74) is 1.65. The van der Waals surface area contributed by atoms with Crippen molar-refractivity contribution in [2.75, 3.05) is 18.0 Å². The van der Waals surface area contributed by atoms with Gasteiger partial charge in [-0.25, -0.2) is 9.97 Å². The van der Waals surface area contributed by atoms with Gasteiger partial charge in [-0.05, 0) is 38.8 Å². The van der Waals surface area contributed by atoms with Gasteiger partial charge in [-0.2, -0.15) is 0 Å². The standard InChI is InChI=1S/C21H24N4O4S/c1-21(2,27)17-8-22-20(29-17)25-9-13(10-25)24-19(26)12-6-14(7-12)28-15-4-3-5-16-18(15)23-11-30-16/h3-5,8,11-14,27H,6-7,9-10H2,1-2H3,(H,24,26). The number of aromatic nitrogens is 2. The van der Waals surface area contributed by atoms with Crippen LogP contribution in [0, 0.1) is 5.92 Å². The van der Waals surface area contributed by atoms with Crippen LogP contribution in [0.15, 0.2) is 34.3 Å². The third-order valence-electron chi connectivity index (χ3n) is 5.68. The first-order valence-corrected chi connectivity index (χ1v) is 11.0. The number of thiazole rings is 1. The molecule has 0 bridgehead atoms. The number of benzene rings is 1. The zero-order chi connectivity index (χ0) is 20.9. The smallest absolute Gasteiger partial charge is 0.297 e. The number of amides is 1. The summed E-state index contributed by atoms with van der Waals surface area (Å²) in [5, 5.41) is 13.1. The molecule has 1 saturated carbocycles. The van der Waals surface area contributed by atoms with E-state index in [1.807, 2.05) is 28.6 Å².